The zero-order chi connectivity index (χ0) is 20.2. The normalized spacial score (nSPS) is 13.0. The molecule has 1 N–H and O–H groups in total. The average Bonchev–Trinajstić information content (AvgIpc) is 2.62. The molecule has 2 aromatic rings. The molecule has 0 aliphatic rings. The van der Waals surface area contributed by atoms with Crippen LogP contribution in [-0.2, 0) is 4.79 Å². The second-order valence-electron chi connectivity index (χ2n) is 7.32. The van der Waals surface area contributed by atoms with E-state index in [1.54, 1.807) is 25.6 Å². The fraction of sp³-hybridized carbons (Fsp3) is 0.348. The van der Waals surface area contributed by atoms with Crippen molar-refractivity contribution in [3.8, 4) is 5.75 Å². The molecule has 0 saturated heterocycles. The molecule has 1 atom stereocenters. The molecule has 0 aliphatic heterocycles. The molecule has 27 heavy (non-hydrogen) atoms. The Kier molecular flexibility index (Phi) is 6.77. The lowest BCUT2D eigenvalue weighted by molar-refractivity contribution is -0.152. The van der Waals surface area contributed by atoms with Crippen molar-refractivity contribution in [2.45, 2.75) is 51.0 Å². The molecular formula is C23H28O3S. The van der Waals surface area contributed by atoms with E-state index in [2.05, 4.69) is 49.6 Å². The molecule has 1 unspecified atom stereocenters. The Morgan fingerprint density at radius 2 is 1.70 bits per heavy atom. The number of rotatable bonds is 7. The Bertz CT molecular complexity index is 812. The second kappa shape index (κ2) is 8.66. The number of carboxylic acid groups (broad SMARTS) is 1. The number of ether oxygens (including phenoxy) is 1. The minimum Gasteiger partial charge on any atom is -0.478 e. The van der Waals surface area contributed by atoms with Gasteiger partial charge in [0, 0.05) is 4.90 Å². The van der Waals surface area contributed by atoms with Gasteiger partial charge in [0.15, 0.2) is 5.60 Å². The lowest BCUT2D eigenvalue weighted by atomic mass is 9.98. The average molecular weight is 385 g/mol. The predicted molar refractivity (Wildman–Crippen MR) is 114 cm³/mol. The Labute approximate surface area is 166 Å². The highest BCUT2D eigenvalue weighted by atomic mass is 32.2. The Morgan fingerprint density at radius 1 is 1.15 bits per heavy atom. The van der Waals surface area contributed by atoms with Crippen LogP contribution < -0.4 is 4.74 Å². The van der Waals surface area contributed by atoms with Crippen LogP contribution in [0, 0.1) is 13.8 Å². The largest absolute Gasteiger partial charge is 0.478 e. The molecule has 0 aliphatic carbocycles. The van der Waals surface area contributed by atoms with E-state index in [0.29, 0.717) is 11.7 Å². The van der Waals surface area contributed by atoms with Crippen molar-refractivity contribution < 1.29 is 14.6 Å². The van der Waals surface area contributed by atoms with Crippen LogP contribution in [0.15, 0.2) is 47.4 Å². The quantitative estimate of drug-likeness (QED) is 0.587. The number of hydrogen-bond acceptors (Lipinski definition) is 3. The summed E-state index contributed by atoms with van der Waals surface area (Å²) < 4.78 is 5.77. The zero-order valence-electron chi connectivity index (χ0n) is 16.9. The number of thioether (sulfide) groups is 1. The summed E-state index contributed by atoms with van der Waals surface area (Å²) >= 11 is 1.74. The molecule has 0 saturated carbocycles. The van der Waals surface area contributed by atoms with Crippen molar-refractivity contribution in [2.24, 2.45) is 0 Å². The fourth-order valence-corrected chi connectivity index (χ4v) is 3.22. The third-order valence-electron chi connectivity index (χ3n) is 4.57. The summed E-state index contributed by atoms with van der Waals surface area (Å²) in [5.74, 6) is -0.0322. The van der Waals surface area contributed by atoms with Crippen molar-refractivity contribution in [1.82, 2.24) is 0 Å². The SMILES string of the molecule is CSc1ccc(C(C)/C=C\c2cc(C)c(OC(C)(C)C(=O)O)c(C)c2)cc1. The summed E-state index contributed by atoms with van der Waals surface area (Å²) in [5.41, 5.74) is 2.96. The molecule has 0 fully saturated rings. The summed E-state index contributed by atoms with van der Waals surface area (Å²) in [5, 5.41) is 9.29. The number of benzene rings is 2. The van der Waals surface area contributed by atoms with E-state index < -0.39 is 11.6 Å². The molecule has 4 heteroatoms. The van der Waals surface area contributed by atoms with Gasteiger partial charge in [-0.3, -0.25) is 0 Å². The molecule has 0 aromatic heterocycles. The summed E-state index contributed by atoms with van der Waals surface area (Å²) in [6.45, 7) is 9.19. The van der Waals surface area contributed by atoms with E-state index in [-0.39, 0.29) is 0 Å². The van der Waals surface area contributed by atoms with E-state index in [0.717, 1.165) is 16.7 Å². The number of aliphatic carboxylic acids is 1. The molecular weight excluding hydrogens is 356 g/mol. The van der Waals surface area contributed by atoms with Crippen LogP contribution in [0.4, 0.5) is 0 Å². The van der Waals surface area contributed by atoms with Gasteiger partial charge < -0.3 is 9.84 Å². The topological polar surface area (TPSA) is 46.5 Å². The van der Waals surface area contributed by atoms with Crippen molar-refractivity contribution in [3.63, 3.8) is 0 Å². The molecule has 144 valence electrons. The number of allylic oxidation sites excluding steroid dienone is 1. The Hall–Kier alpha value is -2.20. The van der Waals surface area contributed by atoms with Crippen molar-refractivity contribution in [2.75, 3.05) is 6.26 Å². The van der Waals surface area contributed by atoms with Crippen LogP contribution in [0.25, 0.3) is 6.08 Å². The van der Waals surface area contributed by atoms with Crippen LogP contribution in [0.2, 0.25) is 0 Å². The molecule has 2 aromatic carbocycles. The first-order chi connectivity index (χ1) is 12.6. The lowest BCUT2D eigenvalue weighted by Crippen LogP contribution is -2.38. The first-order valence-corrected chi connectivity index (χ1v) is 10.2. The maximum Gasteiger partial charge on any atom is 0.347 e. The lowest BCUT2D eigenvalue weighted by Gasteiger charge is -2.24. The summed E-state index contributed by atoms with van der Waals surface area (Å²) in [7, 11) is 0. The molecule has 0 heterocycles. The fourth-order valence-electron chi connectivity index (χ4n) is 2.81. The summed E-state index contributed by atoms with van der Waals surface area (Å²) in [6, 6.07) is 12.7. The van der Waals surface area contributed by atoms with E-state index in [1.807, 2.05) is 26.0 Å². The molecule has 0 bridgehead atoms. The van der Waals surface area contributed by atoms with Crippen LogP contribution in [0.5, 0.6) is 5.75 Å². The van der Waals surface area contributed by atoms with Crippen LogP contribution in [0.1, 0.15) is 48.9 Å². The highest BCUT2D eigenvalue weighted by Crippen LogP contribution is 2.30. The van der Waals surface area contributed by atoms with Gasteiger partial charge >= 0.3 is 5.97 Å². The van der Waals surface area contributed by atoms with E-state index >= 15 is 0 Å². The third kappa shape index (κ3) is 5.39. The minimum atomic E-state index is -1.26. The first kappa shape index (κ1) is 21.1. The zero-order valence-corrected chi connectivity index (χ0v) is 17.7. The van der Waals surface area contributed by atoms with Gasteiger partial charge in [-0.25, -0.2) is 4.79 Å². The van der Waals surface area contributed by atoms with Crippen LogP contribution >= 0.6 is 11.8 Å². The van der Waals surface area contributed by atoms with Gasteiger partial charge in [0.1, 0.15) is 5.75 Å². The van der Waals surface area contributed by atoms with Gasteiger partial charge in [0.25, 0.3) is 0 Å². The number of carbonyl (C=O) groups is 1. The van der Waals surface area contributed by atoms with Crippen LogP contribution in [-0.4, -0.2) is 22.9 Å². The molecule has 0 spiro atoms. The van der Waals surface area contributed by atoms with Gasteiger partial charge in [-0.15, -0.1) is 11.8 Å². The second-order valence-corrected chi connectivity index (χ2v) is 8.20. The first-order valence-electron chi connectivity index (χ1n) is 9.00. The minimum absolute atomic E-state index is 0.309. The highest BCUT2D eigenvalue weighted by Gasteiger charge is 2.30. The monoisotopic (exact) mass is 384 g/mol. The molecule has 2 rings (SSSR count). The summed E-state index contributed by atoms with van der Waals surface area (Å²) in [6.07, 6.45) is 6.37. The number of carboxylic acids is 1. The predicted octanol–water partition coefficient (Wildman–Crippen LogP) is 6.08. The van der Waals surface area contributed by atoms with Gasteiger partial charge in [0.2, 0.25) is 0 Å². The standard InChI is InChI=1S/C23H28O3S/c1-15(19-9-11-20(27-6)12-10-19)7-8-18-13-16(2)21(17(3)14-18)26-23(4,5)22(24)25/h7-15H,1-6H3,(H,24,25)/b8-7-. The van der Waals surface area contributed by atoms with Gasteiger partial charge in [-0.2, -0.15) is 0 Å². The van der Waals surface area contributed by atoms with Gasteiger partial charge in [-0.1, -0.05) is 31.2 Å². The highest BCUT2D eigenvalue weighted by molar-refractivity contribution is 7.98. The summed E-state index contributed by atoms with van der Waals surface area (Å²) in [4.78, 5) is 12.6. The van der Waals surface area contributed by atoms with Gasteiger partial charge in [-0.05, 0) is 86.4 Å². The number of aryl methyl sites for hydroxylation is 2. The Morgan fingerprint density at radius 3 is 2.19 bits per heavy atom. The van der Waals surface area contributed by atoms with Gasteiger partial charge in [0.05, 0.1) is 0 Å². The maximum atomic E-state index is 11.3. The van der Waals surface area contributed by atoms with Crippen molar-refractivity contribution >= 4 is 23.8 Å². The van der Waals surface area contributed by atoms with Crippen molar-refractivity contribution in [3.05, 3.63) is 64.7 Å². The Balaban J connectivity index is 2.19. The maximum absolute atomic E-state index is 11.3. The number of hydrogen-bond donors (Lipinski definition) is 1. The van der Waals surface area contributed by atoms with E-state index in [9.17, 15) is 9.90 Å². The smallest absolute Gasteiger partial charge is 0.347 e. The molecule has 3 nitrogen and oxygen atoms in total. The third-order valence-corrected chi connectivity index (χ3v) is 5.32. The van der Waals surface area contributed by atoms with Crippen LogP contribution in [0.3, 0.4) is 0 Å². The van der Waals surface area contributed by atoms with Crippen molar-refractivity contribution in [1.29, 1.82) is 0 Å². The van der Waals surface area contributed by atoms with E-state index in [1.165, 1.54) is 10.5 Å². The molecule has 0 radical (unpaired) electrons. The van der Waals surface area contributed by atoms with E-state index in [4.69, 9.17) is 4.74 Å². The molecule has 0 amide bonds.